The van der Waals surface area contributed by atoms with Crippen LogP contribution in [0.5, 0.6) is 0 Å². The highest BCUT2D eigenvalue weighted by Crippen LogP contribution is 2.30. The van der Waals surface area contributed by atoms with E-state index in [0.29, 0.717) is 17.9 Å². The highest BCUT2D eigenvalue weighted by molar-refractivity contribution is 6.30. The molecule has 5 heteroatoms. The molecule has 180 valence electrons. The van der Waals surface area contributed by atoms with Crippen molar-refractivity contribution >= 4 is 28.4 Å². The number of aryl methyl sites for hydroxylation is 1. The summed E-state index contributed by atoms with van der Waals surface area (Å²) in [5.41, 5.74) is 6.16. The van der Waals surface area contributed by atoms with Gasteiger partial charge in [-0.3, -0.25) is 9.78 Å². The van der Waals surface area contributed by atoms with Crippen LogP contribution < -0.4 is 5.32 Å². The Morgan fingerprint density at radius 2 is 1.69 bits per heavy atom. The SMILES string of the molecule is CCn1cc(CC(=O)N[C@@H](Cc2ccccc2)c2ncccc2-c2ccc(Cl)cc2)c2ccccc21. The van der Waals surface area contributed by atoms with E-state index in [2.05, 4.69) is 47.3 Å². The number of carbonyl (C=O) groups excluding carboxylic acids is 1. The zero-order chi connectivity index (χ0) is 24.9. The Labute approximate surface area is 216 Å². The number of benzene rings is 3. The molecule has 5 rings (SSSR count). The molecule has 1 N–H and O–H groups in total. The number of nitrogens with zero attached hydrogens (tertiary/aromatic N) is 2. The largest absolute Gasteiger partial charge is 0.347 e. The van der Waals surface area contributed by atoms with Crippen molar-refractivity contribution in [3.8, 4) is 11.1 Å². The van der Waals surface area contributed by atoms with Crippen molar-refractivity contribution in [1.82, 2.24) is 14.9 Å². The van der Waals surface area contributed by atoms with E-state index in [4.69, 9.17) is 16.6 Å². The van der Waals surface area contributed by atoms with Crippen LogP contribution in [0.4, 0.5) is 0 Å². The minimum Gasteiger partial charge on any atom is -0.347 e. The molecule has 0 aliphatic heterocycles. The molecular weight excluding hydrogens is 466 g/mol. The molecule has 0 radical (unpaired) electrons. The van der Waals surface area contributed by atoms with Crippen molar-refractivity contribution in [3.05, 3.63) is 125 Å². The van der Waals surface area contributed by atoms with Crippen LogP contribution in [0, 0.1) is 0 Å². The lowest BCUT2D eigenvalue weighted by molar-refractivity contribution is -0.121. The predicted molar refractivity (Wildman–Crippen MR) is 147 cm³/mol. The molecule has 0 fully saturated rings. The zero-order valence-corrected chi connectivity index (χ0v) is 21.0. The summed E-state index contributed by atoms with van der Waals surface area (Å²) in [5.74, 6) is -0.0253. The van der Waals surface area contributed by atoms with Crippen molar-refractivity contribution < 1.29 is 4.79 Å². The smallest absolute Gasteiger partial charge is 0.225 e. The van der Waals surface area contributed by atoms with Crippen LogP contribution >= 0.6 is 11.6 Å². The number of fused-ring (bicyclic) bond motifs is 1. The van der Waals surface area contributed by atoms with Gasteiger partial charge in [-0.15, -0.1) is 0 Å². The molecular formula is C31H28ClN3O. The number of nitrogens with one attached hydrogen (secondary N) is 1. The summed E-state index contributed by atoms with van der Waals surface area (Å²) >= 11 is 6.13. The summed E-state index contributed by atoms with van der Waals surface area (Å²) in [6.45, 7) is 2.97. The third-order valence-corrected chi connectivity index (χ3v) is 6.76. The molecule has 0 saturated carbocycles. The average molecular weight is 494 g/mol. The van der Waals surface area contributed by atoms with E-state index in [0.717, 1.165) is 45.4 Å². The number of hydrogen-bond donors (Lipinski definition) is 1. The first-order valence-corrected chi connectivity index (χ1v) is 12.6. The number of para-hydroxylation sites is 1. The molecule has 0 aliphatic rings. The molecule has 0 bridgehead atoms. The maximum absolute atomic E-state index is 13.5. The van der Waals surface area contributed by atoms with Crippen molar-refractivity contribution in [1.29, 1.82) is 0 Å². The van der Waals surface area contributed by atoms with Gasteiger partial charge in [0.25, 0.3) is 0 Å². The van der Waals surface area contributed by atoms with Gasteiger partial charge < -0.3 is 9.88 Å². The second kappa shape index (κ2) is 10.8. The first-order chi connectivity index (χ1) is 17.6. The Kier molecular flexibility index (Phi) is 7.15. The number of hydrogen-bond acceptors (Lipinski definition) is 2. The van der Waals surface area contributed by atoms with Crippen LogP contribution in [0.3, 0.4) is 0 Å². The summed E-state index contributed by atoms with van der Waals surface area (Å²) in [6, 6.07) is 29.9. The molecule has 4 nitrogen and oxygen atoms in total. The lowest BCUT2D eigenvalue weighted by Gasteiger charge is -2.21. The van der Waals surface area contributed by atoms with Crippen LogP contribution in [0.2, 0.25) is 5.02 Å². The van der Waals surface area contributed by atoms with Gasteiger partial charge in [0, 0.05) is 40.4 Å². The van der Waals surface area contributed by atoms with Gasteiger partial charge in [-0.1, -0.05) is 78.3 Å². The fraction of sp³-hybridized carbons (Fsp3) is 0.161. The van der Waals surface area contributed by atoms with Crippen LogP contribution in [0.1, 0.15) is 29.8 Å². The molecule has 2 aromatic heterocycles. The molecule has 0 saturated heterocycles. The number of rotatable bonds is 8. The molecule has 3 aromatic carbocycles. The molecule has 0 spiro atoms. The Morgan fingerprint density at radius 1 is 0.944 bits per heavy atom. The van der Waals surface area contributed by atoms with Gasteiger partial charge in [-0.25, -0.2) is 0 Å². The number of aromatic nitrogens is 2. The van der Waals surface area contributed by atoms with E-state index in [1.165, 1.54) is 0 Å². The molecule has 1 atom stereocenters. The number of halogens is 1. The summed E-state index contributed by atoms with van der Waals surface area (Å²) in [6.07, 6.45) is 4.83. The second-order valence-electron chi connectivity index (χ2n) is 8.89. The number of pyridine rings is 1. The van der Waals surface area contributed by atoms with Crippen LogP contribution in [-0.2, 0) is 24.2 Å². The maximum atomic E-state index is 13.5. The zero-order valence-electron chi connectivity index (χ0n) is 20.2. The van der Waals surface area contributed by atoms with Gasteiger partial charge in [0.2, 0.25) is 5.91 Å². The molecule has 36 heavy (non-hydrogen) atoms. The minimum atomic E-state index is -0.286. The summed E-state index contributed by atoms with van der Waals surface area (Å²) in [5, 5.41) is 5.11. The Balaban J connectivity index is 1.47. The topological polar surface area (TPSA) is 46.9 Å². The van der Waals surface area contributed by atoms with E-state index in [9.17, 15) is 4.79 Å². The van der Waals surface area contributed by atoms with Crippen molar-refractivity contribution in [2.45, 2.75) is 32.4 Å². The molecule has 1 amide bonds. The Hall–Kier alpha value is -3.89. The monoisotopic (exact) mass is 493 g/mol. The lowest BCUT2D eigenvalue weighted by atomic mass is 9.95. The van der Waals surface area contributed by atoms with E-state index in [-0.39, 0.29) is 11.9 Å². The van der Waals surface area contributed by atoms with Gasteiger partial charge in [0.1, 0.15) is 0 Å². The highest BCUT2D eigenvalue weighted by Gasteiger charge is 2.22. The molecule has 2 heterocycles. The van der Waals surface area contributed by atoms with Crippen LogP contribution in [-0.4, -0.2) is 15.5 Å². The minimum absolute atomic E-state index is 0.0253. The van der Waals surface area contributed by atoms with Gasteiger partial charge in [-0.05, 0) is 54.3 Å². The van der Waals surface area contributed by atoms with E-state index in [1.807, 2.05) is 66.7 Å². The fourth-order valence-corrected chi connectivity index (χ4v) is 4.90. The highest BCUT2D eigenvalue weighted by atomic mass is 35.5. The third kappa shape index (κ3) is 5.19. The molecule has 0 unspecified atom stereocenters. The van der Waals surface area contributed by atoms with E-state index >= 15 is 0 Å². The first kappa shape index (κ1) is 23.8. The Morgan fingerprint density at radius 3 is 2.47 bits per heavy atom. The molecule has 5 aromatic rings. The van der Waals surface area contributed by atoms with E-state index in [1.54, 1.807) is 6.20 Å². The molecule has 0 aliphatic carbocycles. The van der Waals surface area contributed by atoms with Gasteiger partial charge in [0.15, 0.2) is 0 Å². The van der Waals surface area contributed by atoms with Crippen molar-refractivity contribution in [3.63, 3.8) is 0 Å². The normalized spacial score (nSPS) is 11.9. The quantitative estimate of drug-likeness (QED) is 0.252. The first-order valence-electron chi connectivity index (χ1n) is 12.2. The summed E-state index contributed by atoms with van der Waals surface area (Å²) in [7, 11) is 0. The second-order valence-corrected chi connectivity index (χ2v) is 9.32. The average Bonchev–Trinajstić information content (AvgIpc) is 3.27. The van der Waals surface area contributed by atoms with Crippen molar-refractivity contribution in [2.75, 3.05) is 0 Å². The van der Waals surface area contributed by atoms with Crippen LogP contribution in [0.15, 0.2) is 103 Å². The van der Waals surface area contributed by atoms with Crippen LogP contribution in [0.25, 0.3) is 22.0 Å². The lowest BCUT2D eigenvalue weighted by Crippen LogP contribution is -2.32. The summed E-state index contributed by atoms with van der Waals surface area (Å²) in [4.78, 5) is 18.2. The van der Waals surface area contributed by atoms with E-state index < -0.39 is 0 Å². The standard InChI is InChI=1S/C31H28ClN3O/c1-2-35-21-24(26-11-6-7-13-29(26)35)20-30(36)34-28(19-22-9-4-3-5-10-22)31-27(12-8-18-33-31)23-14-16-25(32)17-15-23/h3-18,21,28H,2,19-20H2,1H3,(H,34,36)/t28-/m0/s1. The van der Waals surface area contributed by atoms with Gasteiger partial charge >= 0.3 is 0 Å². The Bertz CT molecular complexity index is 1480. The number of amides is 1. The van der Waals surface area contributed by atoms with Gasteiger partial charge in [-0.2, -0.15) is 0 Å². The summed E-state index contributed by atoms with van der Waals surface area (Å²) < 4.78 is 2.19. The fourth-order valence-electron chi connectivity index (χ4n) is 4.78. The maximum Gasteiger partial charge on any atom is 0.225 e. The number of carbonyl (C=O) groups is 1. The third-order valence-electron chi connectivity index (χ3n) is 6.50. The predicted octanol–water partition coefficient (Wildman–Crippen LogP) is 7.02. The van der Waals surface area contributed by atoms with Crippen molar-refractivity contribution in [2.24, 2.45) is 0 Å². The van der Waals surface area contributed by atoms with Gasteiger partial charge in [0.05, 0.1) is 18.2 Å².